The number of alkyl halides is 1. The highest BCUT2D eigenvalue weighted by Gasteiger charge is 2.13. The van der Waals surface area contributed by atoms with Crippen LogP contribution in [0.3, 0.4) is 0 Å². The van der Waals surface area contributed by atoms with E-state index in [1.165, 1.54) is 6.26 Å². The average molecular weight is 306 g/mol. The van der Waals surface area contributed by atoms with Gasteiger partial charge in [0.05, 0.1) is 29.2 Å². The van der Waals surface area contributed by atoms with E-state index in [1.54, 1.807) is 6.20 Å². The number of rotatable bonds is 6. The summed E-state index contributed by atoms with van der Waals surface area (Å²) >= 11 is 5.91. The minimum atomic E-state index is -2.98. The van der Waals surface area contributed by atoms with E-state index >= 15 is 0 Å². The molecule has 0 saturated heterocycles. The summed E-state index contributed by atoms with van der Waals surface area (Å²) in [6.07, 6.45) is 2.93. The molecule has 0 aliphatic heterocycles. The predicted octanol–water partition coefficient (Wildman–Crippen LogP) is 1.82. The molecule has 1 heterocycles. The molecular weight excluding hydrogens is 286 g/mol. The Labute approximate surface area is 119 Å². The molecule has 0 N–H and O–H groups in total. The van der Waals surface area contributed by atoms with Crippen LogP contribution < -0.4 is 4.90 Å². The molecule has 0 spiro atoms. The van der Waals surface area contributed by atoms with E-state index < -0.39 is 9.84 Å². The molecule has 0 amide bonds. The van der Waals surface area contributed by atoms with Crippen molar-refractivity contribution in [2.45, 2.75) is 25.6 Å². The van der Waals surface area contributed by atoms with Crippen molar-refractivity contribution >= 4 is 27.1 Å². The van der Waals surface area contributed by atoms with Crippen molar-refractivity contribution in [2.24, 2.45) is 0 Å². The first-order valence-electron chi connectivity index (χ1n) is 6.05. The summed E-state index contributed by atoms with van der Waals surface area (Å²) in [7, 11) is -1.17. The third kappa shape index (κ3) is 4.95. The lowest BCUT2D eigenvalue weighted by atomic mass is 10.2. The van der Waals surface area contributed by atoms with Crippen LogP contribution in [0.2, 0.25) is 0 Å². The van der Waals surface area contributed by atoms with E-state index in [-0.39, 0.29) is 17.6 Å². The molecule has 0 atom stereocenters. The van der Waals surface area contributed by atoms with Crippen molar-refractivity contribution in [2.75, 3.05) is 30.5 Å². The lowest BCUT2D eigenvalue weighted by molar-refractivity contribution is 0.601. The van der Waals surface area contributed by atoms with Crippen LogP contribution in [0, 0.1) is 0 Å². The number of hydrogen-bond acceptors (Lipinski definition) is 5. The normalized spacial score (nSPS) is 11.9. The van der Waals surface area contributed by atoms with Gasteiger partial charge >= 0.3 is 0 Å². The second kappa shape index (κ2) is 6.52. The van der Waals surface area contributed by atoms with Crippen LogP contribution in [-0.2, 0) is 15.7 Å². The molecule has 1 aromatic rings. The SMILES string of the molecule is CC(C)c1ncc(N(C)CCS(C)(=O)=O)c(CCl)n1. The van der Waals surface area contributed by atoms with Gasteiger partial charge in [-0.05, 0) is 0 Å². The third-order valence-corrected chi connectivity index (χ3v) is 3.89. The maximum atomic E-state index is 11.2. The number of sulfone groups is 1. The second-order valence-corrected chi connectivity index (χ2v) is 7.43. The van der Waals surface area contributed by atoms with E-state index in [4.69, 9.17) is 11.6 Å². The fraction of sp³-hybridized carbons (Fsp3) is 0.667. The number of nitrogens with zero attached hydrogens (tertiary/aromatic N) is 3. The lowest BCUT2D eigenvalue weighted by Crippen LogP contribution is -2.26. The highest BCUT2D eigenvalue weighted by molar-refractivity contribution is 7.90. The van der Waals surface area contributed by atoms with Gasteiger partial charge in [0, 0.05) is 25.8 Å². The van der Waals surface area contributed by atoms with Gasteiger partial charge in [0.1, 0.15) is 15.7 Å². The van der Waals surface area contributed by atoms with Crippen molar-refractivity contribution < 1.29 is 8.42 Å². The second-order valence-electron chi connectivity index (χ2n) is 4.90. The number of aromatic nitrogens is 2. The molecule has 0 bridgehead atoms. The van der Waals surface area contributed by atoms with Crippen molar-refractivity contribution in [3.63, 3.8) is 0 Å². The molecule has 0 unspecified atom stereocenters. The first-order chi connectivity index (χ1) is 8.74. The monoisotopic (exact) mass is 305 g/mol. The Kier molecular flexibility index (Phi) is 5.55. The summed E-state index contributed by atoms with van der Waals surface area (Å²) in [4.78, 5) is 10.5. The Balaban J connectivity index is 2.93. The van der Waals surface area contributed by atoms with Gasteiger partial charge in [-0.25, -0.2) is 18.4 Å². The van der Waals surface area contributed by atoms with Crippen LogP contribution >= 0.6 is 11.6 Å². The minimum absolute atomic E-state index is 0.0944. The van der Waals surface area contributed by atoms with Crippen molar-refractivity contribution in [3.8, 4) is 0 Å². The largest absolute Gasteiger partial charge is 0.371 e. The first kappa shape index (κ1) is 16.2. The van der Waals surface area contributed by atoms with Gasteiger partial charge in [-0.1, -0.05) is 13.8 Å². The van der Waals surface area contributed by atoms with Crippen LogP contribution in [-0.4, -0.2) is 44.0 Å². The summed E-state index contributed by atoms with van der Waals surface area (Å²) in [5.74, 6) is 1.35. The van der Waals surface area contributed by atoms with E-state index in [0.29, 0.717) is 6.54 Å². The first-order valence-corrected chi connectivity index (χ1v) is 8.64. The molecule has 0 radical (unpaired) electrons. The molecule has 0 fully saturated rings. The molecule has 0 aliphatic rings. The number of anilines is 1. The van der Waals surface area contributed by atoms with Crippen LogP contribution in [0.25, 0.3) is 0 Å². The van der Waals surface area contributed by atoms with Gasteiger partial charge in [-0.3, -0.25) is 0 Å². The molecule has 0 aromatic carbocycles. The molecule has 0 aliphatic carbocycles. The van der Waals surface area contributed by atoms with E-state index in [0.717, 1.165) is 17.2 Å². The van der Waals surface area contributed by atoms with Crippen molar-refractivity contribution in [1.82, 2.24) is 9.97 Å². The fourth-order valence-corrected chi connectivity index (χ4v) is 2.35. The fourth-order valence-electron chi connectivity index (χ4n) is 1.54. The maximum Gasteiger partial charge on any atom is 0.149 e. The van der Waals surface area contributed by atoms with Crippen LogP contribution in [0.4, 0.5) is 5.69 Å². The zero-order valence-electron chi connectivity index (χ0n) is 11.7. The molecule has 108 valence electrons. The van der Waals surface area contributed by atoms with Crippen LogP contribution in [0.5, 0.6) is 0 Å². The average Bonchev–Trinajstić information content (AvgIpc) is 2.34. The molecule has 1 rings (SSSR count). The minimum Gasteiger partial charge on any atom is -0.371 e. The Hall–Kier alpha value is -0.880. The van der Waals surface area contributed by atoms with Crippen LogP contribution in [0.15, 0.2) is 6.20 Å². The van der Waals surface area contributed by atoms with E-state index in [2.05, 4.69) is 9.97 Å². The topological polar surface area (TPSA) is 63.2 Å². The summed E-state index contributed by atoms with van der Waals surface area (Å²) in [6, 6.07) is 0. The molecular formula is C12H20ClN3O2S. The predicted molar refractivity (Wildman–Crippen MR) is 78.7 cm³/mol. The number of halogens is 1. The highest BCUT2D eigenvalue weighted by Crippen LogP contribution is 2.20. The third-order valence-electron chi connectivity index (χ3n) is 2.72. The standard InChI is InChI=1S/C12H20ClN3O2S/c1-9(2)12-14-8-11(10(7-13)15-12)16(3)5-6-19(4,17)18/h8-9H,5-7H2,1-4H3. The quantitative estimate of drug-likeness (QED) is 0.750. The Bertz CT molecular complexity index is 532. The summed E-state index contributed by atoms with van der Waals surface area (Å²) in [5.41, 5.74) is 1.51. The van der Waals surface area contributed by atoms with E-state index in [1.807, 2.05) is 25.8 Å². The Morgan fingerprint density at radius 1 is 1.42 bits per heavy atom. The van der Waals surface area contributed by atoms with E-state index in [9.17, 15) is 8.42 Å². The van der Waals surface area contributed by atoms with Gasteiger partial charge in [0.15, 0.2) is 0 Å². The van der Waals surface area contributed by atoms with Gasteiger partial charge in [-0.2, -0.15) is 0 Å². The summed E-state index contributed by atoms with van der Waals surface area (Å²) in [6.45, 7) is 4.42. The zero-order valence-corrected chi connectivity index (χ0v) is 13.3. The smallest absolute Gasteiger partial charge is 0.149 e. The van der Waals surface area contributed by atoms with Crippen molar-refractivity contribution in [1.29, 1.82) is 0 Å². The van der Waals surface area contributed by atoms with Gasteiger partial charge < -0.3 is 4.90 Å². The Morgan fingerprint density at radius 2 is 2.05 bits per heavy atom. The number of hydrogen-bond donors (Lipinski definition) is 0. The molecule has 19 heavy (non-hydrogen) atoms. The van der Waals surface area contributed by atoms with Crippen LogP contribution in [0.1, 0.15) is 31.3 Å². The summed E-state index contributed by atoms with van der Waals surface area (Å²) in [5, 5.41) is 0. The van der Waals surface area contributed by atoms with Gasteiger partial charge in [0.2, 0.25) is 0 Å². The van der Waals surface area contributed by atoms with Crippen molar-refractivity contribution in [3.05, 3.63) is 17.7 Å². The molecule has 0 saturated carbocycles. The Morgan fingerprint density at radius 3 is 2.53 bits per heavy atom. The van der Waals surface area contributed by atoms with Gasteiger partial charge in [0.25, 0.3) is 0 Å². The maximum absolute atomic E-state index is 11.2. The highest BCUT2D eigenvalue weighted by atomic mass is 35.5. The molecule has 5 nitrogen and oxygen atoms in total. The zero-order chi connectivity index (χ0) is 14.6. The summed E-state index contributed by atoms with van der Waals surface area (Å²) < 4.78 is 22.4. The molecule has 7 heteroatoms. The van der Waals surface area contributed by atoms with Gasteiger partial charge in [-0.15, -0.1) is 11.6 Å². The lowest BCUT2D eigenvalue weighted by Gasteiger charge is -2.21. The molecule has 1 aromatic heterocycles.